The molecule has 0 heterocycles. The molecule has 0 aromatic heterocycles. The van der Waals surface area contributed by atoms with Crippen molar-refractivity contribution in [1.29, 1.82) is 0 Å². The van der Waals surface area contributed by atoms with E-state index in [1.807, 2.05) is 53.7 Å². The minimum atomic E-state index is -0.500. The van der Waals surface area contributed by atoms with Gasteiger partial charge in [-0.3, -0.25) is 0 Å². The Morgan fingerprint density at radius 1 is 1.40 bits per heavy atom. The Morgan fingerprint density at radius 2 is 1.95 bits per heavy atom. The van der Waals surface area contributed by atoms with Gasteiger partial charge in [0.25, 0.3) is 0 Å². The number of allylic oxidation sites excluding steroid dienone is 2. The van der Waals surface area contributed by atoms with E-state index in [0.717, 1.165) is 11.1 Å². The highest BCUT2D eigenvalue weighted by molar-refractivity contribution is 5.68. The first-order valence-electron chi connectivity index (χ1n) is 6.86. The molecule has 0 bridgehead atoms. The van der Waals surface area contributed by atoms with Gasteiger partial charge in [0.15, 0.2) is 0 Å². The van der Waals surface area contributed by atoms with Crippen LogP contribution < -0.4 is 5.73 Å². The molecule has 0 unspecified atom stereocenters. The quantitative estimate of drug-likeness (QED) is 0.783. The van der Waals surface area contributed by atoms with Crippen LogP contribution in [0.1, 0.15) is 41.5 Å². The summed E-state index contributed by atoms with van der Waals surface area (Å²) in [7, 11) is 0. The lowest BCUT2D eigenvalue weighted by Crippen LogP contribution is -2.38. The number of rotatable bonds is 5. The van der Waals surface area contributed by atoms with Crippen molar-refractivity contribution >= 4 is 6.09 Å². The van der Waals surface area contributed by atoms with Crippen LogP contribution in [0.4, 0.5) is 4.79 Å². The van der Waals surface area contributed by atoms with Crippen molar-refractivity contribution in [3.8, 4) is 0 Å². The molecule has 114 valence electrons. The van der Waals surface area contributed by atoms with Gasteiger partial charge in [-0.25, -0.2) is 4.79 Å². The molecule has 0 aromatic carbocycles. The number of nitrogens with two attached hydrogens (primary N) is 1. The molecule has 0 fully saturated rings. The summed E-state index contributed by atoms with van der Waals surface area (Å²) >= 11 is 0. The Morgan fingerprint density at radius 3 is 2.30 bits per heavy atom. The second-order valence-electron chi connectivity index (χ2n) is 5.73. The minimum absolute atomic E-state index is 0.328. The molecule has 0 atom stereocenters. The molecule has 0 aliphatic heterocycles. The Kier molecular flexibility index (Phi) is 7.11. The van der Waals surface area contributed by atoms with Crippen LogP contribution in [-0.4, -0.2) is 29.7 Å². The molecule has 0 radical (unpaired) electrons. The van der Waals surface area contributed by atoms with Gasteiger partial charge >= 0.3 is 6.09 Å². The van der Waals surface area contributed by atoms with Crippen LogP contribution in [0.25, 0.3) is 0 Å². The van der Waals surface area contributed by atoms with Crippen molar-refractivity contribution in [2.75, 3.05) is 13.1 Å². The van der Waals surface area contributed by atoms with E-state index in [-0.39, 0.29) is 6.09 Å². The van der Waals surface area contributed by atoms with E-state index in [9.17, 15) is 4.79 Å². The number of carbonyl (C=O) groups is 1. The summed E-state index contributed by atoms with van der Waals surface area (Å²) in [5.74, 6) is 0. The van der Waals surface area contributed by atoms with Crippen molar-refractivity contribution in [2.24, 2.45) is 5.73 Å². The van der Waals surface area contributed by atoms with Gasteiger partial charge in [-0.2, -0.15) is 0 Å². The van der Waals surface area contributed by atoms with Crippen LogP contribution in [0.3, 0.4) is 0 Å². The largest absolute Gasteiger partial charge is 0.444 e. The van der Waals surface area contributed by atoms with Crippen molar-refractivity contribution in [3.63, 3.8) is 0 Å². The fourth-order valence-electron chi connectivity index (χ4n) is 1.43. The molecule has 4 heteroatoms. The maximum Gasteiger partial charge on any atom is 0.410 e. The first kappa shape index (κ1) is 18.3. The number of nitrogens with zero attached hydrogens (tertiary/aromatic N) is 1. The summed E-state index contributed by atoms with van der Waals surface area (Å²) in [6.07, 6.45) is 3.33. The first-order valence-corrected chi connectivity index (χ1v) is 6.86. The van der Waals surface area contributed by atoms with E-state index in [1.54, 1.807) is 4.90 Å². The van der Waals surface area contributed by atoms with Gasteiger partial charge in [0.2, 0.25) is 0 Å². The van der Waals surface area contributed by atoms with E-state index < -0.39 is 5.60 Å². The molecule has 0 rings (SSSR count). The zero-order valence-electron chi connectivity index (χ0n) is 13.6. The fraction of sp³-hybridized carbons (Fsp3) is 0.562. The zero-order chi connectivity index (χ0) is 15.9. The highest BCUT2D eigenvalue weighted by Gasteiger charge is 2.21. The predicted octanol–water partition coefficient (Wildman–Crippen LogP) is 3.61. The summed E-state index contributed by atoms with van der Waals surface area (Å²) in [5, 5.41) is 0. The lowest BCUT2D eigenvalue weighted by Gasteiger charge is -2.27. The highest BCUT2D eigenvalue weighted by atomic mass is 16.6. The maximum atomic E-state index is 12.1. The molecule has 0 spiro atoms. The third kappa shape index (κ3) is 7.02. The van der Waals surface area contributed by atoms with Gasteiger partial charge < -0.3 is 15.4 Å². The van der Waals surface area contributed by atoms with E-state index in [4.69, 9.17) is 10.5 Å². The van der Waals surface area contributed by atoms with E-state index in [1.165, 1.54) is 0 Å². The predicted molar refractivity (Wildman–Crippen MR) is 84.3 cm³/mol. The number of carbonyl (C=O) groups excluding carboxylic acids is 1. The molecule has 0 saturated heterocycles. The Balaban J connectivity index is 5.04. The molecule has 0 aromatic rings. The van der Waals surface area contributed by atoms with Crippen molar-refractivity contribution in [1.82, 2.24) is 4.90 Å². The average Bonchev–Trinajstić information content (AvgIpc) is 2.31. The third-order valence-electron chi connectivity index (χ3n) is 2.62. The maximum absolute atomic E-state index is 12.1. The Hall–Kier alpha value is -1.71. The van der Waals surface area contributed by atoms with Crippen LogP contribution in [0.5, 0.6) is 0 Å². The minimum Gasteiger partial charge on any atom is -0.444 e. The summed E-state index contributed by atoms with van der Waals surface area (Å²) in [6.45, 7) is 16.2. The van der Waals surface area contributed by atoms with Gasteiger partial charge in [0.05, 0.1) is 0 Å². The SMILES string of the molecule is C=C(C)/C(=C\C(N)=C/C)CN(CC)C(=O)OC(C)(C)C. The number of likely N-dealkylation sites (N-methyl/N-ethyl adjacent to an activating group) is 1. The summed E-state index contributed by atoms with van der Waals surface area (Å²) < 4.78 is 5.39. The summed E-state index contributed by atoms with van der Waals surface area (Å²) in [6, 6.07) is 0. The van der Waals surface area contributed by atoms with Crippen LogP contribution in [0.15, 0.2) is 35.6 Å². The first-order chi connectivity index (χ1) is 9.10. The van der Waals surface area contributed by atoms with E-state index >= 15 is 0 Å². The molecular formula is C16H28N2O2. The molecule has 0 aliphatic carbocycles. The molecule has 0 aliphatic rings. The van der Waals surface area contributed by atoms with Gasteiger partial charge in [0.1, 0.15) is 5.60 Å². The number of hydrogen-bond acceptors (Lipinski definition) is 3. The standard InChI is InChI=1S/C16H28N2O2/c1-8-14(17)10-13(12(3)4)11-18(9-2)15(19)20-16(5,6)7/h8,10H,3,9,11,17H2,1-2,4-7H3/b13-10-,14-8+. The highest BCUT2D eigenvalue weighted by Crippen LogP contribution is 2.15. The van der Waals surface area contributed by atoms with Crippen LogP contribution in [0.2, 0.25) is 0 Å². The van der Waals surface area contributed by atoms with Crippen LogP contribution >= 0.6 is 0 Å². The Labute approximate surface area is 123 Å². The van der Waals surface area contributed by atoms with Gasteiger partial charge in [-0.15, -0.1) is 0 Å². The average molecular weight is 280 g/mol. The monoisotopic (exact) mass is 280 g/mol. The van der Waals surface area contributed by atoms with Crippen LogP contribution in [-0.2, 0) is 4.74 Å². The summed E-state index contributed by atoms with van der Waals surface area (Å²) in [4.78, 5) is 13.7. The zero-order valence-corrected chi connectivity index (χ0v) is 13.6. The fourth-order valence-corrected chi connectivity index (χ4v) is 1.43. The van der Waals surface area contributed by atoms with Crippen LogP contribution in [0, 0.1) is 0 Å². The van der Waals surface area contributed by atoms with E-state index in [0.29, 0.717) is 18.8 Å². The topological polar surface area (TPSA) is 55.6 Å². The second-order valence-corrected chi connectivity index (χ2v) is 5.73. The molecule has 2 N–H and O–H groups in total. The molecule has 0 saturated carbocycles. The van der Waals surface area contributed by atoms with Crippen molar-refractivity contribution < 1.29 is 9.53 Å². The molecule has 4 nitrogen and oxygen atoms in total. The van der Waals surface area contributed by atoms with Gasteiger partial charge in [-0.1, -0.05) is 18.2 Å². The number of hydrogen-bond donors (Lipinski definition) is 1. The number of amides is 1. The molecular weight excluding hydrogens is 252 g/mol. The lowest BCUT2D eigenvalue weighted by molar-refractivity contribution is 0.0278. The summed E-state index contributed by atoms with van der Waals surface area (Å²) in [5.41, 5.74) is 7.78. The number of ether oxygens (including phenoxy) is 1. The van der Waals surface area contributed by atoms with E-state index in [2.05, 4.69) is 6.58 Å². The molecule has 20 heavy (non-hydrogen) atoms. The second kappa shape index (κ2) is 7.78. The van der Waals surface area contributed by atoms with Crippen molar-refractivity contribution in [3.05, 3.63) is 35.6 Å². The van der Waals surface area contributed by atoms with Crippen molar-refractivity contribution in [2.45, 2.75) is 47.1 Å². The third-order valence-corrected chi connectivity index (χ3v) is 2.62. The smallest absolute Gasteiger partial charge is 0.410 e. The van der Waals surface area contributed by atoms with Gasteiger partial charge in [0, 0.05) is 18.8 Å². The Bertz CT molecular complexity index is 415. The normalized spacial score (nSPS) is 13.1. The molecule has 1 amide bonds. The van der Waals surface area contributed by atoms with Gasteiger partial charge in [-0.05, 0) is 53.2 Å². The lowest BCUT2D eigenvalue weighted by atomic mass is 10.1.